The molecule has 0 aromatic heterocycles. The Morgan fingerprint density at radius 3 is 1.25 bits per heavy atom. The average Bonchev–Trinajstić information content (AvgIpc) is 0.722. The van der Waals surface area contributed by atoms with Gasteiger partial charge in [-0.2, -0.15) is 8.42 Å². The molecule has 0 aliphatic carbocycles. The molecule has 0 bridgehead atoms. The molecular formula is H7AlCaMnO4S. The number of rotatable bonds is 0. The largest absolute Gasteiger partial charge is 2.00 e. The predicted octanol–water partition coefficient (Wildman–Crippen LogP) is -1.99. The van der Waals surface area contributed by atoms with Crippen LogP contribution in [0, 0.1) is 0 Å². The van der Waals surface area contributed by atoms with Crippen LogP contribution in [0.3, 0.4) is 0 Å². The van der Waals surface area contributed by atoms with Crippen LogP contribution in [-0.2, 0) is 27.5 Å². The van der Waals surface area contributed by atoms with Gasteiger partial charge in [-0.15, -0.1) is 0 Å². The minimum Gasteiger partial charge on any atom is -1.00 e. The van der Waals surface area contributed by atoms with Crippen LogP contribution in [0.4, 0.5) is 0 Å². The Balaban J connectivity index is -0.00000000800. The van der Waals surface area contributed by atoms with Gasteiger partial charge in [-0.05, 0) is 0 Å². The van der Waals surface area contributed by atoms with Gasteiger partial charge in [0.1, 0.15) is 0 Å². The van der Waals surface area contributed by atoms with Crippen molar-refractivity contribution in [1.82, 2.24) is 0 Å². The normalized spacial score (nSPS) is 7.25. The maximum Gasteiger partial charge on any atom is 2.00 e. The summed E-state index contributed by atoms with van der Waals surface area (Å²) in [5, 5.41) is 0. The van der Waals surface area contributed by atoms with E-state index in [1.807, 2.05) is 0 Å². The zero-order valence-corrected chi connectivity index (χ0v) is 7.41. The summed E-state index contributed by atoms with van der Waals surface area (Å²) in [6.07, 6.45) is 0. The first-order valence-corrected chi connectivity index (χ1v) is 2.10. The third-order valence-corrected chi connectivity index (χ3v) is 0. The van der Waals surface area contributed by atoms with E-state index in [4.69, 9.17) is 17.5 Å². The molecule has 0 saturated heterocycles. The zero-order chi connectivity index (χ0) is 4.50. The van der Waals surface area contributed by atoms with Crippen LogP contribution in [0.1, 0.15) is 2.85 Å². The Hall–Kier alpha value is 2.18. The van der Waals surface area contributed by atoms with Gasteiger partial charge in [-0.25, -0.2) is 0 Å². The van der Waals surface area contributed by atoms with Gasteiger partial charge in [0.25, 0.3) is 0 Å². The molecule has 0 atom stereocenters. The molecule has 0 unspecified atom stereocenters. The van der Waals surface area contributed by atoms with Crippen LogP contribution in [0.15, 0.2) is 0 Å². The maximum atomic E-state index is 8.74. The summed E-state index contributed by atoms with van der Waals surface area (Å²) in [6, 6.07) is 0. The molecule has 0 saturated carbocycles. The molecule has 49 valence electrons. The van der Waals surface area contributed by atoms with Crippen LogP contribution in [-0.4, -0.2) is 72.6 Å². The van der Waals surface area contributed by atoms with Crippen molar-refractivity contribution >= 4 is 65.5 Å². The summed E-state index contributed by atoms with van der Waals surface area (Å²) >= 11 is 0. The van der Waals surface area contributed by atoms with Crippen molar-refractivity contribution in [2.45, 2.75) is 0 Å². The van der Waals surface area contributed by atoms with E-state index < -0.39 is 10.4 Å². The van der Waals surface area contributed by atoms with E-state index in [2.05, 4.69) is 0 Å². The smallest absolute Gasteiger partial charge is 1.00 e. The second kappa shape index (κ2) is 9.18. The molecule has 0 heterocycles. The minimum absolute atomic E-state index is 0. The Kier molecular flexibility index (Phi) is 25.8. The molecule has 8 heavy (non-hydrogen) atoms. The number of hydrogen-bond acceptors (Lipinski definition) is 2. The molecule has 1 radical (unpaired) electrons. The summed E-state index contributed by atoms with van der Waals surface area (Å²) in [4.78, 5) is 0. The minimum atomic E-state index is -4.67. The van der Waals surface area contributed by atoms with Crippen LogP contribution in [0.25, 0.3) is 0 Å². The van der Waals surface area contributed by atoms with E-state index in [1.54, 1.807) is 0 Å². The molecule has 0 amide bonds. The van der Waals surface area contributed by atoms with Gasteiger partial charge in [0, 0.05) is 17.1 Å². The van der Waals surface area contributed by atoms with Crippen molar-refractivity contribution in [3.63, 3.8) is 0 Å². The van der Waals surface area contributed by atoms with E-state index in [1.165, 1.54) is 0 Å². The van der Waals surface area contributed by atoms with Crippen LogP contribution >= 0.6 is 0 Å². The van der Waals surface area contributed by atoms with Crippen molar-refractivity contribution in [1.29, 1.82) is 0 Å². The van der Waals surface area contributed by atoms with Gasteiger partial charge in [0.15, 0.2) is 17.4 Å². The van der Waals surface area contributed by atoms with E-state index in [0.717, 1.165) is 0 Å². The van der Waals surface area contributed by atoms with Crippen molar-refractivity contribution in [2.75, 3.05) is 0 Å². The molecule has 0 fully saturated rings. The summed E-state index contributed by atoms with van der Waals surface area (Å²) in [5.74, 6) is 0. The van der Waals surface area contributed by atoms with Crippen LogP contribution in [0.5, 0.6) is 0 Å². The zero-order valence-electron chi connectivity index (χ0n) is 5.20. The molecule has 0 aromatic carbocycles. The first kappa shape index (κ1) is 22.5. The van der Waals surface area contributed by atoms with E-state index in [0.29, 0.717) is 0 Å². The van der Waals surface area contributed by atoms with Crippen LogP contribution in [0.2, 0.25) is 0 Å². The predicted molar refractivity (Wildman–Crippen MR) is 32.1 cm³/mol. The van der Waals surface area contributed by atoms with Crippen molar-refractivity contribution in [2.24, 2.45) is 0 Å². The van der Waals surface area contributed by atoms with Crippen molar-refractivity contribution in [3.8, 4) is 0 Å². The number of hydrogen-bond donors (Lipinski definition) is 2. The van der Waals surface area contributed by atoms with E-state index in [-0.39, 0.29) is 75.0 Å². The second-order valence-corrected chi connectivity index (χ2v) is 1.34. The second-order valence-electron chi connectivity index (χ2n) is 0.448. The molecule has 0 rings (SSSR count). The Morgan fingerprint density at radius 2 is 1.25 bits per heavy atom. The standard InChI is InChI=1S/Al.Ca.Mn.H2O4S.5H/c;;;1-5(2,3)4;;;;;/h;;;(H2,1,2,3,4);;;;;/q;+2;;;;;;2*-1. The summed E-state index contributed by atoms with van der Waals surface area (Å²) in [5.41, 5.74) is 0. The average molecular weight is 225 g/mol. The Morgan fingerprint density at radius 1 is 1.25 bits per heavy atom. The fourth-order valence-electron chi connectivity index (χ4n) is 0. The molecular weight excluding hydrogens is 218 g/mol. The fourth-order valence-corrected chi connectivity index (χ4v) is 0. The van der Waals surface area contributed by atoms with E-state index in [9.17, 15) is 0 Å². The van der Waals surface area contributed by atoms with Gasteiger partial charge >= 0.3 is 48.1 Å². The van der Waals surface area contributed by atoms with Gasteiger partial charge in [0.05, 0.1) is 0 Å². The van der Waals surface area contributed by atoms with Gasteiger partial charge in [-0.1, -0.05) is 0 Å². The molecule has 4 nitrogen and oxygen atoms in total. The first-order chi connectivity index (χ1) is 2.00. The quantitative estimate of drug-likeness (QED) is 0.369. The molecule has 0 spiro atoms. The van der Waals surface area contributed by atoms with Gasteiger partial charge in [-0.3, -0.25) is 9.11 Å². The third-order valence-electron chi connectivity index (χ3n) is 0. The SMILES string of the molecule is O=S(=O)(O)O.[AlH3].[Ca+2].[H-].[H-].[Mn]. The van der Waals surface area contributed by atoms with Crippen molar-refractivity contribution in [3.05, 3.63) is 0 Å². The molecule has 0 aromatic rings. The maximum absolute atomic E-state index is 8.74. The van der Waals surface area contributed by atoms with Gasteiger partial charge < -0.3 is 2.85 Å². The molecule has 8 heteroatoms. The molecule has 2 N–H and O–H groups in total. The molecule has 0 aliphatic rings. The topological polar surface area (TPSA) is 74.6 Å². The summed E-state index contributed by atoms with van der Waals surface area (Å²) in [7, 11) is -4.67. The van der Waals surface area contributed by atoms with E-state index >= 15 is 0 Å². The third kappa shape index (κ3) is 88.7. The molecule has 0 aliphatic heterocycles. The van der Waals surface area contributed by atoms with Gasteiger partial charge in [0.2, 0.25) is 0 Å². The van der Waals surface area contributed by atoms with Crippen molar-refractivity contribution < 1.29 is 37.4 Å². The summed E-state index contributed by atoms with van der Waals surface area (Å²) < 4.78 is 31.6. The monoisotopic (exact) mass is 225 g/mol. The summed E-state index contributed by atoms with van der Waals surface area (Å²) in [6.45, 7) is 0. The fraction of sp³-hybridized carbons (Fsp3) is 0. The van der Waals surface area contributed by atoms with Crippen LogP contribution < -0.4 is 0 Å². The Bertz CT molecular complexity index is 106. The Labute approximate surface area is 102 Å². The first-order valence-electron chi connectivity index (χ1n) is 0.698.